The van der Waals surface area contributed by atoms with E-state index in [0.29, 0.717) is 22.4 Å². The first-order valence-corrected chi connectivity index (χ1v) is 12.4. The number of anilines is 1. The summed E-state index contributed by atoms with van der Waals surface area (Å²) >= 11 is 0. The molecule has 2 amide bonds. The number of likely N-dealkylation sites (tertiary alicyclic amines) is 1. The first-order chi connectivity index (χ1) is 15.7. The molecule has 33 heavy (non-hydrogen) atoms. The number of rotatable bonds is 6. The van der Waals surface area contributed by atoms with Crippen molar-refractivity contribution in [2.75, 3.05) is 11.8 Å². The van der Waals surface area contributed by atoms with Crippen molar-refractivity contribution < 1.29 is 27.5 Å². The number of hydrogen-bond acceptors (Lipinski definition) is 6. The molecule has 1 N–H and O–H groups in total. The Labute approximate surface area is 193 Å². The van der Waals surface area contributed by atoms with Crippen LogP contribution in [0.2, 0.25) is 0 Å². The predicted molar refractivity (Wildman–Crippen MR) is 121 cm³/mol. The van der Waals surface area contributed by atoms with Gasteiger partial charge in [-0.05, 0) is 61.2 Å². The van der Waals surface area contributed by atoms with Gasteiger partial charge in [-0.3, -0.25) is 19.2 Å². The fourth-order valence-corrected chi connectivity index (χ4v) is 5.96. The minimum absolute atomic E-state index is 0.0568. The smallest absolute Gasteiger partial charge is 0.337 e. The summed E-state index contributed by atoms with van der Waals surface area (Å²) in [6.07, 6.45) is 3.37. The Balaban J connectivity index is 1.55. The summed E-state index contributed by atoms with van der Waals surface area (Å²) in [7, 11) is -2.67. The van der Waals surface area contributed by atoms with Gasteiger partial charge in [0.1, 0.15) is 0 Å². The lowest BCUT2D eigenvalue weighted by Gasteiger charge is -2.19. The molecule has 2 aromatic rings. The van der Waals surface area contributed by atoms with Gasteiger partial charge < -0.3 is 4.74 Å². The molecule has 2 fully saturated rings. The zero-order valence-electron chi connectivity index (χ0n) is 18.5. The predicted octanol–water partition coefficient (Wildman–Crippen LogP) is 3.26. The Hall–Kier alpha value is -3.20. The van der Waals surface area contributed by atoms with Gasteiger partial charge in [0.25, 0.3) is 10.0 Å². The topological polar surface area (TPSA) is 110 Å². The van der Waals surface area contributed by atoms with E-state index in [2.05, 4.69) is 9.46 Å². The van der Waals surface area contributed by atoms with Crippen molar-refractivity contribution in [1.82, 2.24) is 4.90 Å². The van der Waals surface area contributed by atoms with Crippen LogP contribution in [0.4, 0.5) is 5.69 Å². The van der Waals surface area contributed by atoms with Crippen molar-refractivity contribution in [2.45, 2.75) is 44.0 Å². The number of imide groups is 1. The summed E-state index contributed by atoms with van der Waals surface area (Å²) in [4.78, 5) is 38.5. The molecule has 0 unspecified atom stereocenters. The molecule has 0 spiro atoms. The van der Waals surface area contributed by atoms with Crippen LogP contribution in [-0.4, -0.2) is 38.2 Å². The molecule has 2 aliphatic rings. The van der Waals surface area contributed by atoms with E-state index in [4.69, 9.17) is 0 Å². The molecule has 2 aromatic carbocycles. The normalized spacial score (nSPS) is 20.5. The van der Waals surface area contributed by atoms with Gasteiger partial charge in [-0.1, -0.05) is 25.0 Å². The van der Waals surface area contributed by atoms with Crippen molar-refractivity contribution in [3.8, 4) is 0 Å². The van der Waals surface area contributed by atoms with Crippen LogP contribution in [0, 0.1) is 18.8 Å². The Morgan fingerprint density at radius 3 is 2.21 bits per heavy atom. The number of fused-ring (bicyclic) bond motifs is 1. The number of hydrogen-bond donors (Lipinski definition) is 1. The number of benzene rings is 2. The summed E-state index contributed by atoms with van der Waals surface area (Å²) in [5, 5.41) is 0. The van der Waals surface area contributed by atoms with Gasteiger partial charge in [0.2, 0.25) is 11.8 Å². The number of carbonyl (C=O) groups is 3. The zero-order chi connectivity index (χ0) is 23.8. The molecule has 2 atom stereocenters. The summed E-state index contributed by atoms with van der Waals surface area (Å²) < 4.78 is 33.3. The number of nitrogens with zero attached hydrogens (tertiary/aromatic N) is 1. The highest BCUT2D eigenvalue weighted by Gasteiger charge is 2.47. The molecule has 4 rings (SSSR count). The van der Waals surface area contributed by atoms with E-state index in [-0.39, 0.29) is 35.1 Å². The molecule has 8 nitrogen and oxygen atoms in total. The lowest BCUT2D eigenvalue weighted by Crippen LogP contribution is -2.30. The third-order valence-corrected chi connectivity index (χ3v) is 7.90. The van der Waals surface area contributed by atoms with Crippen molar-refractivity contribution in [3.63, 3.8) is 0 Å². The van der Waals surface area contributed by atoms with Crippen LogP contribution in [0.3, 0.4) is 0 Å². The van der Waals surface area contributed by atoms with Crippen molar-refractivity contribution in [3.05, 3.63) is 59.2 Å². The first kappa shape index (κ1) is 23.0. The van der Waals surface area contributed by atoms with Gasteiger partial charge in [-0.15, -0.1) is 0 Å². The molecular weight excluding hydrogens is 444 g/mol. The second kappa shape index (κ2) is 8.97. The molecule has 0 bridgehead atoms. The minimum atomic E-state index is -3.94. The maximum absolute atomic E-state index is 13.1. The van der Waals surface area contributed by atoms with Gasteiger partial charge in [-0.2, -0.15) is 0 Å². The molecule has 1 saturated heterocycles. The van der Waals surface area contributed by atoms with E-state index < -0.39 is 16.0 Å². The highest BCUT2D eigenvalue weighted by Crippen LogP contribution is 2.38. The van der Waals surface area contributed by atoms with Crippen LogP contribution in [0.1, 0.15) is 47.2 Å². The van der Waals surface area contributed by atoms with Gasteiger partial charge in [0.05, 0.1) is 35.9 Å². The van der Waals surface area contributed by atoms with E-state index in [1.165, 1.54) is 42.3 Å². The summed E-state index contributed by atoms with van der Waals surface area (Å²) in [5.41, 5.74) is 1.70. The average molecular weight is 471 g/mol. The Kier molecular flexibility index (Phi) is 6.25. The number of esters is 1. The second-order valence-electron chi connectivity index (χ2n) is 8.53. The van der Waals surface area contributed by atoms with E-state index >= 15 is 0 Å². The second-order valence-corrected chi connectivity index (χ2v) is 10.2. The number of carbonyl (C=O) groups excluding carboxylic acids is 3. The number of methoxy groups -OCH3 is 1. The van der Waals surface area contributed by atoms with Crippen LogP contribution in [0.15, 0.2) is 47.4 Å². The highest BCUT2D eigenvalue weighted by atomic mass is 32.2. The van der Waals surface area contributed by atoms with Crippen LogP contribution in [0.5, 0.6) is 0 Å². The molecule has 174 valence electrons. The van der Waals surface area contributed by atoms with Crippen molar-refractivity contribution >= 4 is 33.5 Å². The van der Waals surface area contributed by atoms with E-state index in [1.807, 2.05) is 0 Å². The minimum Gasteiger partial charge on any atom is -0.465 e. The fourth-order valence-electron chi connectivity index (χ4n) is 4.60. The molecule has 1 aliphatic heterocycles. The van der Waals surface area contributed by atoms with Gasteiger partial charge in [0, 0.05) is 5.69 Å². The maximum Gasteiger partial charge on any atom is 0.337 e. The average Bonchev–Trinajstić information content (AvgIpc) is 3.05. The number of nitrogens with one attached hydrogen (secondary N) is 1. The van der Waals surface area contributed by atoms with Gasteiger partial charge in [0.15, 0.2) is 0 Å². The molecule has 1 saturated carbocycles. The van der Waals surface area contributed by atoms with Crippen LogP contribution < -0.4 is 4.72 Å². The van der Waals surface area contributed by atoms with E-state index in [0.717, 1.165) is 25.7 Å². The monoisotopic (exact) mass is 470 g/mol. The molecule has 0 aromatic heterocycles. The van der Waals surface area contributed by atoms with E-state index in [1.54, 1.807) is 19.1 Å². The summed E-state index contributed by atoms with van der Waals surface area (Å²) in [6.45, 7) is 1.74. The quantitative estimate of drug-likeness (QED) is 0.513. The Morgan fingerprint density at radius 2 is 1.64 bits per heavy atom. The summed E-state index contributed by atoms with van der Waals surface area (Å²) in [5.74, 6) is -1.31. The third-order valence-electron chi connectivity index (χ3n) is 6.37. The zero-order valence-corrected chi connectivity index (χ0v) is 19.4. The Morgan fingerprint density at radius 1 is 1.03 bits per heavy atom. The SMILES string of the molecule is COC(=O)c1ccc(NS(=O)(=O)c2cc(CN3C(=O)[C@@H]4CCCC[C@H]4C3=O)ccc2C)cc1. The Bertz CT molecular complexity index is 1180. The third kappa shape index (κ3) is 4.50. The number of aryl methyl sites for hydroxylation is 1. The van der Waals surface area contributed by atoms with Crippen LogP contribution >= 0.6 is 0 Å². The standard InChI is InChI=1S/C24H26N2O6S/c1-15-7-8-16(14-26-22(27)19-5-3-4-6-20(19)23(26)28)13-21(15)33(30,31)25-18-11-9-17(10-12-18)24(29)32-2/h7-13,19-20,25H,3-6,14H2,1-2H3/t19-,20-/m1/s1. The van der Waals surface area contributed by atoms with Crippen molar-refractivity contribution in [2.24, 2.45) is 11.8 Å². The highest BCUT2D eigenvalue weighted by molar-refractivity contribution is 7.92. The molecular formula is C24H26N2O6S. The van der Waals surface area contributed by atoms with Gasteiger partial charge in [-0.25, -0.2) is 13.2 Å². The molecule has 0 radical (unpaired) electrons. The largest absolute Gasteiger partial charge is 0.465 e. The van der Waals surface area contributed by atoms with E-state index in [9.17, 15) is 22.8 Å². The molecule has 1 heterocycles. The number of ether oxygens (including phenoxy) is 1. The van der Waals surface area contributed by atoms with Gasteiger partial charge >= 0.3 is 5.97 Å². The van der Waals surface area contributed by atoms with Crippen molar-refractivity contribution in [1.29, 1.82) is 0 Å². The molecule has 1 aliphatic carbocycles. The fraction of sp³-hybridized carbons (Fsp3) is 0.375. The summed E-state index contributed by atoms with van der Waals surface area (Å²) in [6, 6.07) is 10.8. The number of sulfonamides is 1. The maximum atomic E-state index is 13.1. The molecule has 9 heteroatoms. The first-order valence-electron chi connectivity index (χ1n) is 10.9. The van der Waals surface area contributed by atoms with Crippen LogP contribution in [0.25, 0.3) is 0 Å². The van der Waals surface area contributed by atoms with Crippen LogP contribution in [-0.2, 0) is 30.9 Å². The lowest BCUT2D eigenvalue weighted by atomic mass is 9.81. The lowest BCUT2D eigenvalue weighted by molar-refractivity contribution is -0.140. The number of amides is 2.